The molecule has 0 aromatic heterocycles. The van der Waals surface area contributed by atoms with Gasteiger partial charge in [0.05, 0.1) is 6.61 Å². The number of hydrogen-bond acceptors (Lipinski definition) is 1. The minimum atomic E-state index is 0.679. The maximum absolute atomic E-state index is 5.43. The Morgan fingerprint density at radius 1 is 1.00 bits per heavy atom. The van der Waals surface area contributed by atoms with Gasteiger partial charge in [-0.15, -0.1) is 0 Å². The average Bonchev–Trinajstić information content (AvgIpc) is 1.87. The Hall–Kier alpha value is -0.0400. The van der Waals surface area contributed by atoms with Gasteiger partial charge in [0, 0.05) is 6.61 Å². The van der Waals surface area contributed by atoms with Gasteiger partial charge in [-0.25, -0.2) is 0 Å². The van der Waals surface area contributed by atoms with Crippen molar-refractivity contribution in [1.82, 2.24) is 0 Å². The van der Waals surface area contributed by atoms with Gasteiger partial charge in [-0.2, -0.15) is 0 Å². The summed E-state index contributed by atoms with van der Waals surface area (Å²) in [5.74, 6) is 0. The van der Waals surface area contributed by atoms with Crippen LogP contribution >= 0.6 is 0 Å². The molecule has 1 aliphatic heterocycles. The first-order valence-corrected chi connectivity index (χ1v) is 3.99. The Bertz CT molecular complexity index is 97.1. The number of ether oxygens (including phenoxy) is 1. The molecule has 0 aromatic carbocycles. The molecule has 0 unspecified atom stereocenters. The highest BCUT2D eigenvalue weighted by Crippen LogP contribution is 2.46. The van der Waals surface area contributed by atoms with Gasteiger partial charge in [-0.05, 0) is 31.1 Å². The van der Waals surface area contributed by atoms with Crippen molar-refractivity contribution in [1.29, 1.82) is 0 Å². The molecule has 9 heavy (non-hydrogen) atoms. The predicted octanol–water partition coefficient (Wildman–Crippen LogP) is 1.97. The second-order valence-electron chi connectivity index (χ2n) is 3.51. The molecule has 0 amide bonds. The second kappa shape index (κ2) is 1.98. The molecule has 1 nitrogen and oxygen atoms in total. The Morgan fingerprint density at radius 2 is 1.78 bits per heavy atom. The largest absolute Gasteiger partial charge is 0.381 e. The van der Waals surface area contributed by atoms with Gasteiger partial charge in [-0.3, -0.25) is 0 Å². The minimum absolute atomic E-state index is 0.679. The molecule has 2 rings (SSSR count). The van der Waals surface area contributed by atoms with Gasteiger partial charge >= 0.3 is 0 Å². The molecule has 1 aliphatic carbocycles. The van der Waals surface area contributed by atoms with Gasteiger partial charge in [0.1, 0.15) is 0 Å². The van der Waals surface area contributed by atoms with Crippen LogP contribution in [-0.4, -0.2) is 13.2 Å². The number of hydrogen-bond donors (Lipinski definition) is 0. The minimum Gasteiger partial charge on any atom is -0.381 e. The molecular formula is C8H14O. The van der Waals surface area contributed by atoms with Gasteiger partial charge in [0.2, 0.25) is 0 Å². The first-order valence-electron chi connectivity index (χ1n) is 3.99. The molecule has 1 heteroatoms. The molecule has 52 valence electrons. The second-order valence-corrected chi connectivity index (χ2v) is 3.51. The van der Waals surface area contributed by atoms with Gasteiger partial charge < -0.3 is 4.74 Å². The third kappa shape index (κ3) is 0.877. The van der Waals surface area contributed by atoms with Crippen LogP contribution in [0.25, 0.3) is 0 Å². The Labute approximate surface area is 56.4 Å². The van der Waals surface area contributed by atoms with Crippen LogP contribution in [0.1, 0.15) is 32.1 Å². The van der Waals surface area contributed by atoms with E-state index in [9.17, 15) is 0 Å². The first kappa shape index (κ1) is 5.72. The van der Waals surface area contributed by atoms with E-state index in [0.29, 0.717) is 5.41 Å². The zero-order chi connectivity index (χ0) is 6.16. The topological polar surface area (TPSA) is 9.23 Å². The Morgan fingerprint density at radius 3 is 2.11 bits per heavy atom. The van der Waals surface area contributed by atoms with Crippen LogP contribution in [0.3, 0.4) is 0 Å². The van der Waals surface area contributed by atoms with Crippen LogP contribution in [0, 0.1) is 5.41 Å². The summed E-state index contributed by atoms with van der Waals surface area (Å²) in [7, 11) is 0. The summed E-state index contributed by atoms with van der Waals surface area (Å²) in [5.41, 5.74) is 0.679. The van der Waals surface area contributed by atoms with Crippen LogP contribution in [0.15, 0.2) is 0 Å². The third-order valence-electron chi connectivity index (χ3n) is 2.82. The van der Waals surface area contributed by atoms with E-state index in [-0.39, 0.29) is 0 Å². The fourth-order valence-corrected chi connectivity index (χ4v) is 1.98. The fraction of sp³-hybridized carbons (Fsp3) is 1.00. The highest BCUT2D eigenvalue weighted by Gasteiger charge is 2.38. The summed E-state index contributed by atoms with van der Waals surface area (Å²) >= 11 is 0. The molecule has 0 N–H and O–H groups in total. The van der Waals surface area contributed by atoms with Gasteiger partial charge in [0.15, 0.2) is 0 Å². The van der Waals surface area contributed by atoms with Crippen molar-refractivity contribution in [3.63, 3.8) is 0 Å². The summed E-state index contributed by atoms with van der Waals surface area (Å²) < 4.78 is 5.43. The highest BCUT2D eigenvalue weighted by atomic mass is 16.5. The van der Waals surface area contributed by atoms with Crippen molar-refractivity contribution >= 4 is 0 Å². The van der Waals surface area contributed by atoms with Gasteiger partial charge in [-0.1, -0.05) is 6.42 Å². The molecule has 0 atom stereocenters. The quantitative estimate of drug-likeness (QED) is 0.482. The maximum Gasteiger partial charge on any atom is 0.0522 e. The molecule has 2 fully saturated rings. The van der Waals surface area contributed by atoms with E-state index in [1.165, 1.54) is 32.1 Å². The van der Waals surface area contributed by atoms with Crippen molar-refractivity contribution in [2.75, 3.05) is 13.2 Å². The Balaban J connectivity index is 1.93. The van der Waals surface area contributed by atoms with E-state index in [4.69, 9.17) is 4.74 Å². The van der Waals surface area contributed by atoms with Crippen LogP contribution in [0.4, 0.5) is 0 Å². The van der Waals surface area contributed by atoms with E-state index in [1.807, 2.05) is 0 Å². The standard InChI is InChI=1S/C8H14O/c1-3-8(4-1)5-2-6-9-7-8/h1-7H2. The Kier molecular flexibility index (Phi) is 1.26. The van der Waals surface area contributed by atoms with Crippen molar-refractivity contribution in [2.24, 2.45) is 5.41 Å². The molecule has 0 radical (unpaired) electrons. The fourth-order valence-electron chi connectivity index (χ4n) is 1.98. The van der Waals surface area contributed by atoms with Crippen molar-refractivity contribution in [2.45, 2.75) is 32.1 Å². The monoisotopic (exact) mass is 126 g/mol. The summed E-state index contributed by atoms with van der Waals surface area (Å²) in [5, 5.41) is 0. The number of rotatable bonds is 0. The van der Waals surface area contributed by atoms with Crippen molar-refractivity contribution in [3.05, 3.63) is 0 Å². The van der Waals surface area contributed by atoms with Crippen LogP contribution in [0.2, 0.25) is 0 Å². The lowest BCUT2D eigenvalue weighted by Gasteiger charge is -2.44. The third-order valence-corrected chi connectivity index (χ3v) is 2.82. The zero-order valence-electron chi connectivity index (χ0n) is 5.86. The van der Waals surface area contributed by atoms with Crippen molar-refractivity contribution in [3.8, 4) is 0 Å². The highest BCUT2D eigenvalue weighted by molar-refractivity contribution is 4.88. The molecule has 1 saturated heterocycles. The van der Waals surface area contributed by atoms with Crippen LogP contribution in [-0.2, 0) is 4.74 Å². The smallest absolute Gasteiger partial charge is 0.0522 e. The molecule has 2 aliphatic rings. The molecule has 0 aromatic rings. The van der Waals surface area contributed by atoms with E-state index in [1.54, 1.807) is 0 Å². The predicted molar refractivity (Wildman–Crippen MR) is 36.3 cm³/mol. The molecule has 1 heterocycles. The molecule has 1 spiro atoms. The van der Waals surface area contributed by atoms with E-state index in [0.717, 1.165) is 13.2 Å². The molecular weight excluding hydrogens is 112 g/mol. The van der Waals surface area contributed by atoms with E-state index >= 15 is 0 Å². The SMILES string of the molecule is C1COCC2(C1)CCC2. The lowest BCUT2D eigenvalue weighted by molar-refractivity contribution is -0.0525. The first-order chi connectivity index (χ1) is 4.41. The lowest BCUT2D eigenvalue weighted by Crippen LogP contribution is -2.37. The molecule has 1 saturated carbocycles. The summed E-state index contributed by atoms with van der Waals surface area (Å²) in [6, 6.07) is 0. The molecule has 0 bridgehead atoms. The normalized spacial score (nSPS) is 32.0. The maximum atomic E-state index is 5.43. The summed E-state index contributed by atoms with van der Waals surface area (Å²) in [6.45, 7) is 2.08. The van der Waals surface area contributed by atoms with Crippen molar-refractivity contribution < 1.29 is 4.74 Å². The van der Waals surface area contributed by atoms with E-state index < -0.39 is 0 Å². The van der Waals surface area contributed by atoms with Crippen LogP contribution < -0.4 is 0 Å². The zero-order valence-corrected chi connectivity index (χ0v) is 5.86. The summed E-state index contributed by atoms with van der Waals surface area (Å²) in [6.07, 6.45) is 7.07. The lowest BCUT2D eigenvalue weighted by atomic mass is 9.66. The summed E-state index contributed by atoms with van der Waals surface area (Å²) in [4.78, 5) is 0. The average molecular weight is 126 g/mol. The van der Waals surface area contributed by atoms with E-state index in [2.05, 4.69) is 0 Å². The van der Waals surface area contributed by atoms with Gasteiger partial charge in [0.25, 0.3) is 0 Å². The van der Waals surface area contributed by atoms with Crippen LogP contribution in [0.5, 0.6) is 0 Å².